The molecule has 0 fully saturated rings. The molecule has 25 nitrogen and oxygen atoms in total. The van der Waals surface area contributed by atoms with Gasteiger partial charge in [0.25, 0.3) is 11.4 Å². The van der Waals surface area contributed by atoms with Crippen molar-refractivity contribution in [2.45, 2.75) is 77.0 Å². The molecule has 0 unspecified atom stereocenters. The second kappa shape index (κ2) is 55.1. The van der Waals surface area contributed by atoms with Gasteiger partial charge >= 0.3 is 5.88 Å². The van der Waals surface area contributed by atoms with Gasteiger partial charge in [-0.3, -0.25) is 49.7 Å². The number of pyridine rings is 1. The highest BCUT2D eigenvalue weighted by Crippen LogP contribution is 2.29. The minimum Gasteiger partial charge on any atom is -0.507 e. The van der Waals surface area contributed by atoms with Gasteiger partial charge in [-0.05, 0) is 168 Å². The fourth-order valence-corrected chi connectivity index (χ4v) is 9.73. The maximum Gasteiger partial charge on any atom is 0.433 e. The first-order chi connectivity index (χ1) is 54.3. The second-order valence-corrected chi connectivity index (χ2v) is 23.2. The van der Waals surface area contributed by atoms with Gasteiger partial charge in [0, 0.05) is 90.3 Å². The topological polar surface area (TPSA) is 395 Å². The zero-order valence-electron chi connectivity index (χ0n) is 61.1. The number of fused-ring (bicyclic) bond motifs is 2. The van der Waals surface area contributed by atoms with Crippen LogP contribution in [-0.2, 0) is 72.1 Å². The number of furan rings is 1. The molecule has 0 aliphatic heterocycles. The number of hydrogen-bond donors (Lipinski definition) is 1. The number of allylic oxidation sites excluding steroid dienone is 1. The molecular weight excluding hydrogens is 1460 g/mol. The second-order valence-electron chi connectivity index (χ2n) is 22.8. The molecule has 0 spiro atoms. The molecule has 574 valence electrons. The summed E-state index contributed by atoms with van der Waals surface area (Å²) in [6, 6.07) is 67.3. The van der Waals surface area contributed by atoms with Gasteiger partial charge in [0.1, 0.15) is 78.2 Å². The molecule has 0 amide bonds. The molecular formula is C86H79ClN6O19. The molecule has 0 saturated carbocycles. The number of ether oxygens (including phenoxy) is 2. The lowest BCUT2D eigenvalue weighted by Crippen LogP contribution is -1.91. The summed E-state index contributed by atoms with van der Waals surface area (Å²) in [5.41, 5.74) is 9.27. The predicted molar refractivity (Wildman–Crippen MR) is 424 cm³/mol. The van der Waals surface area contributed by atoms with E-state index < -0.39 is 14.8 Å². The summed E-state index contributed by atoms with van der Waals surface area (Å²) >= 11 is 5.74. The van der Waals surface area contributed by atoms with Gasteiger partial charge in [0.15, 0.2) is 6.29 Å². The Morgan fingerprint density at radius 1 is 0.464 bits per heavy atom. The van der Waals surface area contributed by atoms with Crippen molar-refractivity contribution in [2.24, 2.45) is 0 Å². The van der Waals surface area contributed by atoms with Gasteiger partial charge in [-0.15, -0.1) is 0 Å². The number of carbonyl (C=O) groups excluding carboxylic acids is 9. The number of hydrogen-bond acceptors (Lipinski definition) is 22. The number of nitriles is 2. The van der Waals surface area contributed by atoms with Crippen LogP contribution in [0.25, 0.3) is 27.8 Å². The Bertz CT molecular complexity index is 4900. The molecule has 1 N–H and O–H groups in total. The number of nitrogens with zero attached hydrogens (tertiary/aromatic N) is 6. The minimum atomic E-state index is -0.641. The molecule has 26 heteroatoms. The van der Waals surface area contributed by atoms with E-state index in [0.717, 1.165) is 149 Å². The Kier molecular flexibility index (Phi) is 45.1. The van der Waals surface area contributed by atoms with Gasteiger partial charge in [-0.2, -0.15) is 10.5 Å². The smallest absolute Gasteiger partial charge is 0.433 e. The van der Waals surface area contributed by atoms with Crippen LogP contribution in [-0.4, -0.2) is 95.7 Å². The molecule has 0 aliphatic rings. The van der Waals surface area contributed by atoms with Crippen LogP contribution in [0.5, 0.6) is 17.2 Å². The van der Waals surface area contributed by atoms with E-state index in [-0.39, 0.29) is 34.3 Å². The van der Waals surface area contributed by atoms with Crippen molar-refractivity contribution in [3.05, 3.63) is 327 Å². The number of nitro groups is 3. The maximum absolute atomic E-state index is 10.4. The number of aromatic hydroxyl groups is 1. The molecule has 2 heterocycles. The number of aldehydes is 9. The van der Waals surface area contributed by atoms with Gasteiger partial charge < -0.3 is 47.8 Å². The predicted octanol–water partition coefficient (Wildman–Crippen LogP) is 16.9. The lowest BCUT2D eigenvalue weighted by Gasteiger charge is -2.08. The van der Waals surface area contributed by atoms with E-state index in [1.165, 1.54) is 52.9 Å². The monoisotopic (exact) mass is 1530 g/mol. The van der Waals surface area contributed by atoms with E-state index in [1.54, 1.807) is 68.9 Å². The van der Waals surface area contributed by atoms with E-state index in [4.69, 9.17) is 41.1 Å². The minimum absolute atomic E-state index is 0.0786. The zero-order valence-corrected chi connectivity index (χ0v) is 61.8. The number of phenolic OH excluding ortho intramolecular Hbond substituents is 1. The van der Waals surface area contributed by atoms with Crippen LogP contribution in [0.2, 0.25) is 5.02 Å². The summed E-state index contributed by atoms with van der Waals surface area (Å²) in [7, 11) is 3.31. The first-order valence-electron chi connectivity index (χ1n) is 34.2. The van der Waals surface area contributed by atoms with E-state index in [2.05, 4.69) is 17.1 Å². The number of benzene rings is 9. The number of rotatable bonds is 27. The number of halogens is 1. The number of phenols is 1. The average Bonchev–Trinajstić information content (AvgIpc) is 0.983. The first kappa shape index (κ1) is 91.8. The number of nitro benzene ring substituents is 2. The normalized spacial score (nSPS) is 9.62. The van der Waals surface area contributed by atoms with Crippen LogP contribution in [0.1, 0.15) is 110 Å². The third-order valence-electron chi connectivity index (χ3n) is 15.1. The first-order valence-corrected chi connectivity index (χ1v) is 34.5. The fourth-order valence-electron chi connectivity index (χ4n) is 9.52. The van der Waals surface area contributed by atoms with Gasteiger partial charge in [-0.25, -0.2) is 0 Å². The summed E-state index contributed by atoms with van der Waals surface area (Å²) < 4.78 is 15.2. The lowest BCUT2D eigenvalue weighted by molar-refractivity contribution is -0.402. The average molecular weight is 1540 g/mol. The highest BCUT2D eigenvalue weighted by atomic mass is 35.5. The molecule has 11 aromatic rings. The summed E-state index contributed by atoms with van der Waals surface area (Å²) in [4.78, 5) is 124. The van der Waals surface area contributed by atoms with Crippen molar-refractivity contribution in [1.29, 1.82) is 10.5 Å². The third kappa shape index (κ3) is 35.8. The SMILES string of the molecule is COc1ccc2nccc(CCC=O)c2c1.COc1cccc2c(CCC=O)cccc12.N#Cc1ccc(C=O)cc1.N#Cc1ccc(CCC=O)cc1.O=C/C=C/c1ccc([N+](=O)[O-])o1.O=CCCc1ccc([N+](=O)[O-])cc1.O=CCCc1cccc(Cl)c1.O=CCCc1ccccc1.O=Cc1cc([N+](=O)[O-])ccc1O. The number of carbonyl (C=O) groups is 9. The van der Waals surface area contributed by atoms with E-state index in [1.807, 2.05) is 127 Å². The third-order valence-corrected chi connectivity index (χ3v) is 15.4. The van der Waals surface area contributed by atoms with E-state index >= 15 is 0 Å². The van der Waals surface area contributed by atoms with Crippen molar-refractivity contribution >= 4 is 113 Å². The molecule has 0 radical (unpaired) electrons. The molecule has 0 atom stereocenters. The lowest BCUT2D eigenvalue weighted by atomic mass is 10.0. The number of aryl methyl sites for hydroxylation is 6. The summed E-state index contributed by atoms with van der Waals surface area (Å²) in [5.74, 6) is 1.39. The number of aromatic nitrogens is 1. The Labute approximate surface area is 650 Å². The van der Waals surface area contributed by atoms with Gasteiger partial charge in [0.05, 0.1) is 64.5 Å². The summed E-state index contributed by atoms with van der Waals surface area (Å²) in [6.45, 7) is 0. The number of methoxy groups -OCH3 is 2. The van der Waals surface area contributed by atoms with Crippen molar-refractivity contribution < 1.29 is 76.9 Å². The molecule has 2 aromatic heterocycles. The van der Waals surface area contributed by atoms with Gasteiger partial charge in [-0.1, -0.05) is 121 Å². The Morgan fingerprint density at radius 3 is 1.46 bits per heavy atom. The molecule has 0 saturated heterocycles. The zero-order chi connectivity index (χ0) is 82.1. The van der Waals surface area contributed by atoms with Crippen LogP contribution < -0.4 is 9.47 Å². The van der Waals surface area contributed by atoms with Crippen LogP contribution in [0.3, 0.4) is 0 Å². The van der Waals surface area contributed by atoms with Gasteiger partial charge in [0.2, 0.25) is 0 Å². The largest absolute Gasteiger partial charge is 0.507 e. The Hall–Kier alpha value is -14.4. The van der Waals surface area contributed by atoms with E-state index in [0.29, 0.717) is 74.2 Å². The highest BCUT2D eigenvalue weighted by molar-refractivity contribution is 6.30. The summed E-state index contributed by atoms with van der Waals surface area (Å²) in [5, 5.41) is 60.5. The molecule has 0 bridgehead atoms. The fraction of sp³-hybridized carbons (Fsp3) is 0.163. The maximum atomic E-state index is 10.4. The molecule has 9 aromatic carbocycles. The highest BCUT2D eigenvalue weighted by Gasteiger charge is 2.12. The van der Waals surface area contributed by atoms with Crippen LogP contribution in [0, 0.1) is 53.0 Å². The molecule has 0 aliphatic carbocycles. The van der Waals surface area contributed by atoms with Crippen molar-refractivity contribution in [1.82, 2.24) is 4.98 Å². The standard InChI is InChI=1S/C14H14O2.C13H13NO2.C10H9NO.C9H9ClO.C9H9NO3.C9H10O.C8H5NO.2C7H5NO4/c1-16-14-9-3-7-12-11(6-4-10-15)5-2-8-13(12)14;1-16-11-4-5-13-12(9-11)10(3-2-8-15)6-7-14-13;11-8-10-5-3-9(4-6-10)2-1-7-12;10-9-5-1-3-8(7-9)4-2-6-11;11-7-1-2-8-3-5-9(6-4-8)10(12)13;10-8-4-7-9-5-2-1-3-6-9;9-5-7-1-3-8(6-10)4-2-7;9-4-5-3-6(8(11)12)1-2-7(5)10;9-5-1-2-6-3-4-7(12-6)8(10)11/h2-3,5,7-10H,4,6H2,1H3;4-9H,2-3H2,1H3;3-7H,1-2H2;1,3,5-7H,2,4H2;3-7H,1-2H2;1-3,5-6,8H,4,7H2;1-4,6H;1-4,10H;1-5H/b;;;;;;;;2-1+. The van der Waals surface area contributed by atoms with Crippen LogP contribution in [0.15, 0.2) is 235 Å². The Morgan fingerprint density at radius 2 is 0.964 bits per heavy atom. The molecule has 112 heavy (non-hydrogen) atoms. The molecule has 11 rings (SSSR count). The summed E-state index contributed by atoms with van der Waals surface area (Å²) in [6.07, 6.45) is 19.4. The Balaban J connectivity index is 0.000000328. The van der Waals surface area contributed by atoms with Crippen LogP contribution >= 0.6 is 11.6 Å². The number of non-ortho nitro benzene ring substituents is 2. The van der Waals surface area contributed by atoms with Crippen molar-refractivity contribution in [3.63, 3.8) is 0 Å². The quantitative estimate of drug-likeness (QED) is 0.0216. The van der Waals surface area contributed by atoms with Crippen molar-refractivity contribution in [2.75, 3.05) is 14.2 Å². The van der Waals surface area contributed by atoms with Crippen molar-refractivity contribution in [3.8, 4) is 29.4 Å². The van der Waals surface area contributed by atoms with E-state index in [9.17, 15) is 73.5 Å². The van der Waals surface area contributed by atoms with Crippen LogP contribution in [0.4, 0.5) is 17.3 Å².